The van der Waals surface area contributed by atoms with Crippen molar-refractivity contribution in [2.24, 2.45) is 0 Å². The second-order valence-corrected chi connectivity index (χ2v) is 3.55. The Kier molecular flexibility index (Phi) is 3.49. The maximum Gasteiger partial charge on any atom is 0.226 e. The third-order valence-electron chi connectivity index (χ3n) is 2.27. The number of nitrogens with zero attached hydrogens (tertiary/aromatic N) is 1. The first kappa shape index (κ1) is 11.7. The van der Waals surface area contributed by atoms with Crippen LogP contribution in [0.25, 0.3) is 11.5 Å². The van der Waals surface area contributed by atoms with Crippen LogP contribution in [0.5, 0.6) is 0 Å². The van der Waals surface area contributed by atoms with Gasteiger partial charge in [0.2, 0.25) is 5.89 Å². The van der Waals surface area contributed by atoms with Crippen molar-refractivity contribution in [1.82, 2.24) is 10.3 Å². The van der Waals surface area contributed by atoms with Gasteiger partial charge in [0.15, 0.2) is 11.6 Å². The van der Waals surface area contributed by atoms with Gasteiger partial charge in [0.05, 0.1) is 5.69 Å². The quantitative estimate of drug-likeness (QED) is 0.890. The van der Waals surface area contributed by atoms with Gasteiger partial charge in [-0.15, -0.1) is 0 Å². The summed E-state index contributed by atoms with van der Waals surface area (Å²) in [6.45, 7) is 3.40. The first-order valence-corrected chi connectivity index (χ1v) is 5.31. The van der Waals surface area contributed by atoms with Gasteiger partial charge in [-0.3, -0.25) is 0 Å². The molecule has 0 saturated carbocycles. The minimum Gasteiger partial charge on any atom is -0.444 e. The molecule has 2 aromatic rings. The molecule has 0 radical (unpaired) electrons. The van der Waals surface area contributed by atoms with Crippen LogP contribution in [0.4, 0.5) is 8.78 Å². The zero-order chi connectivity index (χ0) is 12.3. The highest BCUT2D eigenvalue weighted by Gasteiger charge is 2.09. The molecule has 0 amide bonds. The molecule has 17 heavy (non-hydrogen) atoms. The molecule has 5 heteroatoms. The van der Waals surface area contributed by atoms with Gasteiger partial charge in [-0.1, -0.05) is 6.92 Å². The molecule has 90 valence electrons. The highest BCUT2D eigenvalue weighted by molar-refractivity contribution is 5.53. The van der Waals surface area contributed by atoms with Crippen molar-refractivity contribution in [2.75, 3.05) is 6.54 Å². The van der Waals surface area contributed by atoms with Crippen molar-refractivity contribution in [3.05, 3.63) is 41.8 Å². The Labute approximate surface area is 97.5 Å². The van der Waals surface area contributed by atoms with E-state index < -0.39 is 11.6 Å². The maximum absolute atomic E-state index is 13.0. The van der Waals surface area contributed by atoms with E-state index in [0.29, 0.717) is 12.1 Å². The number of aromatic nitrogens is 1. The zero-order valence-electron chi connectivity index (χ0n) is 9.34. The number of oxazole rings is 1. The highest BCUT2D eigenvalue weighted by atomic mass is 19.2. The summed E-state index contributed by atoms with van der Waals surface area (Å²) in [6, 6.07) is 3.55. The van der Waals surface area contributed by atoms with Gasteiger partial charge in [-0.2, -0.15) is 0 Å². The molecule has 0 atom stereocenters. The molecule has 0 saturated heterocycles. The van der Waals surface area contributed by atoms with E-state index in [-0.39, 0.29) is 5.89 Å². The minimum absolute atomic E-state index is 0.289. The predicted octanol–water partition coefficient (Wildman–Crippen LogP) is 2.73. The average molecular weight is 238 g/mol. The Morgan fingerprint density at radius 1 is 1.29 bits per heavy atom. The van der Waals surface area contributed by atoms with E-state index in [1.165, 1.54) is 12.3 Å². The Balaban J connectivity index is 2.21. The summed E-state index contributed by atoms with van der Waals surface area (Å²) in [7, 11) is 0. The van der Waals surface area contributed by atoms with Crippen molar-refractivity contribution >= 4 is 0 Å². The molecular weight excluding hydrogens is 226 g/mol. The molecule has 0 aliphatic carbocycles. The minimum atomic E-state index is -0.908. The molecule has 1 aromatic heterocycles. The molecule has 0 aliphatic heterocycles. The van der Waals surface area contributed by atoms with E-state index in [0.717, 1.165) is 24.4 Å². The zero-order valence-corrected chi connectivity index (χ0v) is 9.34. The second-order valence-electron chi connectivity index (χ2n) is 3.55. The van der Waals surface area contributed by atoms with Gasteiger partial charge in [-0.25, -0.2) is 13.8 Å². The third-order valence-corrected chi connectivity index (χ3v) is 2.27. The van der Waals surface area contributed by atoms with Crippen LogP contribution in [-0.2, 0) is 6.54 Å². The maximum atomic E-state index is 13.0. The topological polar surface area (TPSA) is 38.1 Å². The second kappa shape index (κ2) is 5.05. The van der Waals surface area contributed by atoms with Crippen molar-refractivity contribution in [2.45, 2.75) is 13.5 Å². The first-order chi connectivity index (χ1) is 8.20. The van der Waals surface area contributed by atoms with E-state index in [4.69, 9.17) is 4.42 Å². The number of halogens is 2. The normalized spacial score (nSPS) is 10.8. The fourth-order valence-electron chi connectivity index (χ4n) is 1.40. The summed E-state index contributed by atoms with van der Waals surface area (Å²) in [6.07, 6.45) is 1.50. The first-order valence-electron chi connectivity index (χ1n) is 5.31. The van der Waals surface area contributed by atoms with Crippen LogP contribution in [-0.4, -0.2) is 11.5 Å². The molecule has 1 N–H and O–H groups in total. The molecule has 2 rings (SSSR count). The summed E-state index contributed by atoms with van der Waals surface area (Å²) in [4.78, 5) is 4.17. The summed E-state index contributed by atoms with van der Waals surface area (Å²) in [5, 5.41) is 3.09. The van der Waals surface area contributed by atoms with E-state index >= 15 is 0 Å². The van der Waals surface area contributed by atoms with E-state index in [1.807, 2.05) is 6.92 Å². The summed E-state index contributed by atoms with van der Waals surface area (Å²) in [5.74, 6) is -1.50. The fourth-order valence-corrected chi connectivity index (χ4v) is 1.40. The van der Waals surface area contributed by atoms with Gasteiger partial charge in [0, 0.05) is 12.1 Å². The Morgan fingerprint density at radius 2 is 2.12 bits per heavy atom. The molecule has 0 fully saturated rings. The lowest BCUT2D eigenvalue weighted by Gasteiger charge is -1.97. The lowest BCUT2D eigenvalue weighted by Crippen LogP contribution is -2.11. The van der Waals surface area contributed by atoms with Crippen LogP contribution < -0.4 is 5.32 Å². The number of hydrogen-bond donors (Lipinski definition) is 1. The Bertz CT molecular complexity index is 511. The molecular formula is C12H12F2N2O. The van der Waals surface area contributed by atoms with Gasteiger partial charge in [0.1, 0.15) is 6.26 Å². The highest BCUT2D eigenvalue weighted by Crippen LogP contribution is 2.20. The predicted molar refractivity (Wildman–Crippen MR) is 59.2 cm³/mol. The van der Waals surface area contributed by atoms with E-state index in [9.17, 15) is 8.78 Å². The number of hydrogen-bond acceptors (Lipinski definition) is 3. The van der Waals surface area contributed by atoms with Crippen molar-refractivity contribution in [1.29, 1.82) is 0 Å². The van der Waals surface area contributed by atoms with Crippen LogP contribution in [0.1, 0.15) is 12.6 Å². The smallest absolute Gasteiger partial charge is 0.226 e. The fraction of sp³-hybridized carbons (Fsp3) is 0.250. The van der Waals surface area contributed by atoms with Gasteiger partial charge in [0.25, 0.3) is 0 Å². The average Bonchev–Trinajstić information content (AvgIpc) is 2.79. The third kappa shape index (κ3) is 2.68. The monoisotopic (exact) mass is 238 g/mol. The van der Waals surface area contributed by atoms with Crippen molar-refractivity contribution < 1.29 is 13.2 Å². The SMILES string of the molecule is CCNCc1coc(-c2ccc(F)c(F)c2)n1. The van der Waals surface area contributed by atoms with Crippen LogP contribution in [0, 0.1) is 11.6 Å². The summed E-state index contributed by atoms with van der Waals surface area (Å²) in [5.41, 5.74) is 1.15. The van der Waals surface area contributed by atoms with Crippen molar-refractivity contribution in [3.8, 4) is 11.5 Å². The molecule has 0 aliphatic rings. The summed E-state index contributed by atoms with van der Waals surface area (Å²) < 4.78 is 31.0. The Morgan fingerprint density at radius 3 is 2.82 bits per heavy atom. The van der Waals surface area contributed by atoms with E-state index in [1.54, 1.807) is 0 Å². The van der Waals surface area contributed by atoms with Crippen LogP contribution >= 0.6 is 0 Å². The summed E-state index contributed by atoms with van der Waals surface area (Å²) >= 11 is 0. The standard InChI is InChI=1S/C12H12F2N2O/c1-2-15-6-9-7-17-12(16-9)8-3-4-10(13)11(14)5-8/h3-5,7,15H,2,6H2,1H3. The molecule has 3 nitrogen and oxygen atoms in total. The van der Waals surface area contributed by atoms with Gasteiger partial charge < -0.3 is 9.73 Å². The van der Waals surface area contributed by atoms with E-state index in [2.05, 4.69) is 10.3 Å². The van der Waals surface area contributed by atoms with Gasteiger partial charge in [-0.05, 0) is 24.7 Å². The lowest BCUT2D eigenvalue weighted by molar-refractivity contribution is 0.507. The van der Waals surface area contributed by atoms with Crippen molar-refractivity contribution in [3.63, 3.8) is 0 Å². The Hall–Kier alpha value is -1.75. The van der Waals surface area contributed by atoms with Crippen LogP contribution in [0.15, 0.2) is 28.9 Å². The molecule has 0 unspecified atom stereocenters. The lowest BCUT2D eigenvalue weighted by atomic mass is 10.2. The molecule has 0 bridgehead atoms. The number of nitrogens with one attached hydrogen (secondary N) is 1. The van der Waals surface area contributed by atoms with Crippen LogP contribution in [0.2, 0.25) is 0 Å². The molecule has 0 spiro atoms. The molecule has 1 aromatic carbocycles. The number of benzene rings is 1. The number of rotatable bonds is 4. The largest absolute Gasteiger partial charge is 0.444 e. The van der Waals surface area contributed by atoms with Gasteiger partial charge >= 0.3 is 0 Å². The van der Waals surface area contributed by atoms with Crippen LogP contribution in [0.3, 0.4) is 0 Å². The molecule has 1 heterocycles.